The van der Waals surface area contributed by atoms with Crippen molar-refractivity contribution in [2.75, 3.05) is 5.75 Å². The summed E-state index contributed by atoms with van der Waals surface area (Å²) in [6.45, 7) is 1.73. The van der Waals surface area contributed by atoms with Gasteiger partial charge in [0, 0.05) is 10.6 Å². The number of halogens is 1. The van der Waals surface area contributed by atoms with Crippen molar-refractivity contribution in [3.8, 4) is 10.6 Å². The van der Waals surface area contributed by atoms with Gasteiger partial charge in [0.05, 0.1) is 10.6 Å². The number of aromatic nitrogens is 1. The Balaban J connectivity index is 1.93. The fourth-order valence-electron chi connectivity index (χ4n) is 3.19. The molecule has 31 heavy (non-hydrogen) atoms. The summed E-state index contributed by atoms with van der Waals surface area (Å²) < 4.78 is 52.2. The highest BCUT2D eigenvalue weighted by Crippen LogP contribution is 2.38. The number of sulfone groups is 2. The molecule has 4 rings (SSSR count). The number of rotatable bonds is 6. The van der Waals surface area contributed by atoms with E-state index in [0.29, 0.717) is 22.0 Å². The van der Waals surface area contributed by atoms with Gasteiger partial charge in [0.15, 0.2) is 19.1 Å². The Kier molecular flexibility index (Phi) is 5.91. The van der Waals surface area contributed by atoms with Crippen molar-refractivity contribution in [2.24, 2.45) is 0 Å². The molecule has 0 N–H and O–H groups in total. The molecule has 0 aliphatic carbocycles. The molecule has 0 saturated heterocycles. The first-order chi connectivity index (χ1) is 14.7. The molecule has 9 heteroatoms. The molecule has 1 aromatic heterocycles. The monoisotopic (exact) mass is 491 g/mol. The van der Waals surface area contributed by atoms with E-state index in [-0.39, 0.29) is 14.9 Å². The number of benzene rings is 3. The van der Waals surface area contributed by atoms with Gasteiger partial charge in [-0.3, -0.25) is 0 Å². The van der Waals surface area contributed by atoms with E-state index in [1.165, 1.54) is 24.3 Å². The Bertz CT molecular complexity index is 1470. The molecular formula is C22H18ClNO4S3. The summed E-state index contributed by atoms with van der Waals surface area (Å²) in [5, 5.41) is 2.27. The molecule has 160 valence electrons. The summed E-state index contributed by atoms with van der Waals surface area (Å²) >= 11 is 6.77. The van der Waals surface area contributed by atoms with Gasteiger partial charge in [-0.1, -0.05) is 54.9 Å². The fourth-order valence-corrected chi connectivity index (χ4v) is 8.41. The van der Waals surface area contributed by atoms with Crippen LogP contribution in [-0.2, 0) is 19.7 Å². The third kappa shape index (κ3) is 4.25. The van der Waals surface area contributed by atoms with E-state index in [4.69, 9.17) is 11.6 Å². The summed E-state index contributed by atoms with van der Waals surface area (Å²) in [7, 11) is -7.98. The molecule has 3 aromatic carbocycles. The molecule has 0 unspecified atom stereocenters. The van der Waals surface area contributed by atoms with Gasteiger partial charge < -0.3 is 0 Å². The van der Waals surface area contributed by atoms with E-state index in [1.807, 2.05) is 42.5 Å². The SMILES string of the molecule is CCCS(=O)(=O)c1sc(-c2ccc3ccccc3c2)nc1S(=O)(=O)c1ccc(Cl)cc1. The molecule has 1 heterocycles. The Morgan fingerprint density at radius 3 is 2.26 bits per heavy atom. The first-order valence-corrected chi connectivity index (χ1v) is 13.8. The van der Waals surface area contributed by atoms with E-state index in [9.17, 15) is 16.8 Å². The second kappa shape index (κ2) is 8.35. The van der Waals surface area contributed by atoms with Gasteiger partial charge in [0.25, 0.3) is 0 Å². The minimum Gasteiger partial charge on any atom is -0.223 e. The van der Waals surface area contributed by atoms with E-state index >= 15 is 0 Å². The lowest BCUT2D eigenvalue weighted by Crippen LogP contribution is -2.11. The van der Waals surface area contributed by atoms with Crippen molar-refractivity contribution >= 4 is 53.4 Å². The summed E-state index contributed by atoms with van der Waals surface area (Å²) in [6.07, 6.45) is 0.367. The van der Waals surface area contributed by atoms with Gasteiger partial charge in [0.1, 0.15) is 5.01 Å². The quantitative estimate of drug-likeness (QED) is 0.349. The summed E-state index contributed by atoms with van der Waals surface area (Å²) in [6, 6.07) is 18.9. The topological polar surface area (TPSA) is 81.2 Å². The van der Waals surface area contributed by atoms with Crippen LogP contribution in [0.2, 0.25) is 5.02 Å². The average molecular weight is 492 g/mol. The highest BCUT2D eigenvalue weighted by Gasteiger charge is 2.33. The number of thiazole rings is 1. The molecule has 4 aromatic rings. The molecule has 0 amide bonds. The van der Waals surface area contributed by atoms with Crippen LogP contribution in [0.5, 0.6) is 0 Å². The maximum absolute atomic E-state index is 13.3. The maximum Gasteiger partial charge on any atom is 0.226 e. The molecule has 0 atom stereocenters. The second-order valence-electron chi connectivity index (χ2n) is 6.95. The van der Waals surface area contributed by atoms with Crippen LogP contribution in [0, 0.1) is 0 Å². The minimum atomic E-state index is -4.16. The van der Waals surface area contributed by atoms with E-state index in [1.54, 1.807) is 6.92 Å². The van der Waals surface area contributed by atoms with Gasteiger partial charge >= 0.3 is 0 Å². The standard InChI is InChI=1S/C22H18ClNO4S3/c1-2-13-30(25,26)22-21(31(27,28)19-11-9-18(23)10-12-19)24-20(29-22)17-8-7-15-5-3-4-6-16(15)14-17/h3-12,14H,2,13H2,1H3. The zero-order valence-corrected chi connectivity index (χ0v) is 19.7. The normalized spacial score (nSPS) is 12.3. The zero-order valence-electron chi connectivity index (χ0n) is 16.4. The van der Waals surface area contributed by atoms with Crippen LogP contribution in [-0.4, -0.2) is 27.6 Å². The lowest BCUT2D eigenvalue weighted by Gasteiger charge is -2.05. The van der Waals surface area contributed by atoms with Crippen LogP contribution < -0.4 is 0 Å². The molecule has 5 nitrogen and oxygen atoms in total. The predicted molar refractivity (Wildman–Crippen MR) is 124 cm³/mol. The molecule has 0 aliphatic heterocycles. The third-order valence-electron chi connectivity index (χ3n) is 4.70. The second-order valence-corrected chi connectivity index (χ2v) is 12.6. The van der Waals surface area contributed by atoms with E-state index in [0.717, 1.165) is 22.1 Å². The molecule has 0 fully saturated rings. The van der Waals surface area contributed by atoms with Crippen molar-refractivity contribution < 1.29 is 16.8 Å². The van der Waals surface area contributed by atoms with Crippen LogP contribution in [0.4, 0.5) is 0 Å². The summed E-state index contributed by atoms with van der Waals surface area (Å²) in [5.74, 6) is -0.157. The Morgan fingerprint density at radius 2 is 1.58 bits per heavy atom. The predicted octanol–water partition coefficient (Wildman–Crippen LogP) is 5.63. The Morgan fingerprint density at radius 1 is 0.903 bits per heavy atom. The molecule has 0 radical (unpaired) electrons. The van der Waals surface area contributed by atoms with Crippen LogP contribution in [0.3, 0.4) is 0 Å². The molecule has 0 saturated carbocycles. The molecule has 0 spiro atoms. The Hall–Kier alpha value is -2.26. The Labute approximate surface area is 190 Å². The highest BCUT2D eigenvalue weighted by molar-refractivity contribution is 7.96. The summed E-state index contributed by atoms with van der Waals surface area (Å²) in [5.41, 5.74) is 0.661. The fraction of sp³-hybridized carbons (Fsp3) is 0.136. The molecule has 0 aliphatic rings. The minimum absolute atomic E-state index is 0.0554. The zero-order chi connectivity index (χ0) is 22.2. The number of hydrogen-bond acceptors (Lipinski definition) is 6. The lowest BCUT2D eigenvalue weighted by atomic mass is 10.1. The van der Waals surface area contributed by atoms with Crippen LogP contribution >= 0.6 is 22.9 Å². The van der Waals surface area contributed by atoms with Gasteiger partial charge in [-0.2, -0.15) is 0 Å². The van der Waals surface area contributed by atoms with Crippen molar-refractivity contribution in [3.05, 3.63) is 71.8 Å². The first kappa shape index (κ1) is 22.0. The van der Waals surface area contributed by atoms with Crippen LogP contribution in [0.1, 0.15) is 13.3 Å². The molecule has 0 bridgehead atoms. The maximum atomic E-state index is 13.3. The number of nitrogens with zero attached hydrogens (tertiary/aromatic N) is 1. The van der Waals surface area contributed by atoms with E-state index in [2.05, 4.69) is 4.98 Å². The van der Waals surface area contributed by atoms with Crippen LogP contribution in [0.25, 0.3) is 21.3 Å². The lowest BCUT2D eigenvalue weighted by molar-refractivity contribution is 0.581. The van der Waals surface area contributed by atoms with Crippen molar-refractivity contribution in [1.29, 1.82) is 0 Å². The van der Waals surface area contributed by atoms with Crippen molar-refractivity contribution in [1.82, 2.24) is 4.98 Å². The number of hydrogen-bond donors (Lipinski definition) is 0. The van der Waals surface area contributed by atoms with Crippen LogP contribution in [0.15, 0.2) is 80.9 Å². The first-order valence-electron chi connectivity index (χ1n) is 9.46. The molecular weight excluding hydrogens is 474 g/mol. The third-order valence-corrected chi connectivity index (χ3v) is 10.5. The number of fused-ring (bicyclic) bond motifs is 1. The van der Waals surface area contributed by atoms with Crippen molar-refractivity contribution in [2.45, 2.75) is 27.5 Å². The van der Waals surface area contributed by atoms with Gasteiger partial charge in [-0.05, 0) is 47.5 Å². The van der Waals surface area contributed by atoms with Gasteiger partial charge in [-0.25, -0.2) is 21.8 Å². The highest BCUT2D eigenvalue weighted by atomic mass is 35.5. The smallest absolute Gasteiger partial charge is 0.223 e. The van der Waals surface area contributed by atoms with Gasteiger partial charge in [-0.15, -0.1) is 11.3 Å². The van der Waals surface area contributed by atoms with E-state index < -0.39 is 24.7 Å². The summed E-state index contributed by atoms with van der Waals surface area (Å²) in [4.78, 5) is 4.27. The average Bonchev–Trinajstić information content (AvgIpc) is 3.21. The van der Waals surface area contributed by atoms with Gasteiger partial charge in [0.2, 0.25) is 9.84 Å². The van der Waals surface area contributed by atoms with Crippen molar-refractivity contribution in [3.63, 3.8) is 0 Å². The largest absolute Gasteiger partial charge is 0.226 e.